The summed E-state index contributed by atoms with van der Waals surface area (Å²) in [5.74, 6) is 0.303. The van der Waals surface area contributed by atoms with Crippen LogP contribution in [0.5, 0.6) is 11.5 Å². The molecule has 0 saturated carbocycles. The van der Waals surface area contributed by atoms with E-state index in [-0.39, 0.29) is 41.2 Å². The smallest absolute Gasteiger partial charge is 0.481 e. The van der Waals surface area contributed by atoms with E-state index in [4.69, 9.17) is 33.7 Å². The van der Waals surface area contributed by atoms with Crippen LogP contribution >= 0.6 is 15.6 Å². The number of nitrogens with zero attached hydrogens (tertiary/aromatic N) is 6. The number of allylic oxidation sites excluding steroid dienone is 2. The third-order valence-corrected chi connectivity index (χ3v) is 19.3. The monoisotopic (exact) mass is 1260 g/mol. The Morgan fingerprint density at radius 2 is 1.32 bits per heavy atom. The molecule has 10 atom stereocenters. The Bertz CT molecular complexity index is 3880. The van der Waals surface area contributed by atoms with Gasteiger partial charge in [-0.1, -0.05) is 67.9 Å². The Morgan fingerprint density at radius 1 is 0.736 bits per heavy atom. The van der Waals surface area contributed by atoms with Crippen molar-refractivity contribution >= 4 is 77.7 Å². The highest BCUT2D eigenvalue weighted by Crippen LogP contribution is 2.61. The number of fused-ring (bicyclic) bond motifs is 3. The molecule has 4 aliphatic heterocycles. The van der Waals surface area contributed by atoms with Crippen LogP contribution in [0, 0.1) is 0 Å². The fourth-order valence-electron chi connectivity index (χ4n) is 11.3. The summed E-state index contributed by atoms with van der Waals surface area (Å²) in [6.45, 7) is 10.3. The fraction of sp³-hybridized carbons (Fsp3) is 0.407. The first-order valence-electron chi connectivity index (χ1n) is 28.2. The van der Waals surface area contributed by atoms with Crippen LogP contribution in [0.2, 0.25) is 0 Å². The Hall–Kier alpha value is -6.42. The van der Waals surface area contributed by atoms with Gasteiger partial charge in [0.15, 0.2) is 29.1 Å². The third-order valence-electron chi connectivity index (χ3n) is 15.9. The van der Waals surface area contributed by atoms with Crippen LogP contribution in [-0.2, 0) is 59.5 Å². The van der Waals surface area contributed by atoms with Crippen LogP contribution in [0.3, 0.4) is 0 Å². The van der Waals surface area contributed by atoms with Crippen molar-refractivity contribution in [3.05, 3.63) is 144 Å². The topological polar surface area (TPSA) is 353 Å². The molecule has 4 aliphatic rings. The lowest BCUT2D eigenvalue weighted by Crippen LogP contribution is -2.35. The molecule has 6 heterocycles. The number of hydrogen-bond acceptors (Lipinski definition) is 20. The van der Waals surface area contributed by atoms with Gasteiger partial charge in [-0.25, -0.2) is 32.5 Å². The Kier molecular flexibility index (Phi) is 18.7. The van der Waals surface area contributed by atoms with Gasteiger partial charge in [0.05, 0.1) is 40.5 Å². The third kappa shape index (κ3) is 13.9. The molecule has 10 rings (SSSR count). The average Bonchev–Trinajstić information content (AvgIpc) is 1.66. The summed E-state index contributed by atoms with van der Waals surface area (Å²) in [4.78, 5) is 32.7. The number of aliphatic hydroxyl groups excluding tert-OH is 4. The number of phosphoric acid groups is 2. The van der Waals surface area contributed by atoms with Crippen molar-refractivity contribution in [3.63, 3.8) is 0 Å². The minimum Gasteiger partial charge on any atom is -0.748 e. The molecule has 0 bridgehead atoms. The van der Waals surface area contributed by atoms with Crippen molar-refractivity contribution < 1.29 is 93.8 Å². The van der Waals surface area contributed by atoms with Gasteiger partial charge in [-0.05, 0) is 75.2 Å². The largest absolute Gasteiger partial charge is 0.748 e. The quantitative estimate of drug-likeness (QED) is 0.0188. The predicted molar refractivity (Wildman–Crippen MR) is 317 cm³/mol. The minimum absolute atomic E-state index is 0.0408. The molecule has 6 aromatic rings. The summed E-state index contributed by atoms with van der Waals surface area (Å²) in [6.07, 6.45) is 0.370. The number of rotatable bonds is 25. The summed E-state index contributed by atoms with van der Waals surface area (Å²) in [6, 6.07) is 29.0. The fourth-order valence-corrected chi connectivity index (χ4v) is 13.9. The van der Waals surface area contributed by atoms with E-state index in [2.05, 4.69) is 99.4 Å². The van der Waals surface area contributed by atoms with Crippen LogP contribution in [0.15, 0.2) is 116 Å². The van der Waals surface area contributed by atoms with Gasteiger partial charge in [0, 0.05) is 59.6 Å². The number of phosphoric ester groups is 2. The van der Waals surface area contributed by atoms with E-state index in [9.17, 15) is 52.3 Å². The standard InChI is InChI=1S/C59H69N7O18P2S/c1-6-7-27-64-42-15-10-8-13-40(42)58(2,3)47(64)25-20-36-19-24-44(38(30-36)21-26-48-59(4,5)41-14-9-11-16-43(41)65(48)28-12-29-87(75,76)77)78-31-37-17-22-39(23-18-37)81-57-53(70)51(68)46(83-57)33-80-86(73,74)84-85(71,72)79-32-45-50(67)52(69)56(82-45)66-35-63-49-54(60)61-34-62-55(49)66/h8-11,13-26,30,34-35,45-46,50-53,56-57,67-70H,6-7,12,27-29,31-33H2,1-5H3,(H3-2,60,61,62,71,72,73,74,75,76,77)/p+1/b25-20+,26-21+/t45?,46-,50-,51-,52-,53-,56-,57+/m1/s1. The van der Waals surface area contributed by atoms with Gasteiger partial charge in [0.25, 0.3) is 0 Å². The van der Waals surface area contributed by atoms with Crippen molar-refractivity contribution in [1.29, 1.82) is 0 Å². The van der Waals surface area contributed by atoms with Gasteiger partial charge >= 0.3 is 15.6 Å². The number of aromatic nitrogens is 4. The lowest BCUT2D eigenvalue weighted by atomic mass is 9.81. The molecule has 0 radical (unpaired) electrons. The zero-order chi connectivity index (χ0) is 62.2. The van der Waals surface area contributed by atoms with E-state index in [0.29, 0.717) is 12.3 Å². The lowest BCUT2D eigenvalue weighted by Gasteiger charge is -2.20. The Morgan fingerprint density at radius 3 is 1.94 bits per heavy atom. The molecule has 464 valence electrons. The maximum atomic E-state index is 12.9. The van der Waals surface area contributed by atoms with Gasteiger partial charge in [-0.2, -0.15) is 13.5 Å². The van der Waals surface area contributed by atoms with Gasteiger partial charge in [0.1, 0.15) is 79.7 Å². The van der Waals surface area contributed by atoms with E-state index in [1.807, 2.05) is 54.6 Å². The number of anilines is 1. The van der Waals surface area contributed by atoms with Crippen molar-refractivity contribution in [2.45, 2.75) is 120 Å². The van der Waals surface area contributed by atoms with Crippen LogP contribution in [-0.4, -0.2) is 158 Å². The second-order valence-electron chi connectivity index (χ2n) is 22.6. The molecule has 0 spiro atoms. The summed E-state index contributed by atoms with van der Waals surface area (Å²) < 4.78 is 104. The molecule has 2 saturated heterocycles. The number of nitrogens with two attached hydrogens (primary N) is 1. The number of nitrogen functional groups attached to an aromatic ring is 1. The highest BCUT2D eigenvalue weighted by Gasteiger charge is 2.49. The predicted octanol–water partition coefficient (Wildman–Crippen LogP) is 6.30. The van der Waals surface area contributed by atoms with Gasteiger partial charge in [0.2, 0.25) is 17.7 Å². The first kappa shape index (κ1) is 63.6. The zero-order valence-corrected chi connectivity index (χ0v) is 50.9. The van der Waals surface area contributed by atoms with E-state index >= 15 is 0 Å². The van der Waals surface area contributed by atoms with Crippen molar-refractivity contribution in [3.8, 4) is 11.5 Å². The number of benzene rings is 4. The minimum atomic E-state index is -5.47. The highest BCUT2D eigenvalue weighted by molar-refractivity contribution is 7.85. The number of aliphatic hydroxyl groups is 4. The number of para-hydroxylation sites is 2. The number of imidazole rings is 1. The number of unbranched alkanes of at least 4 members (excludes halogenated alkanes) is 1. The van der Waals surface area contributed by atoms with Gasteiger partial charge in [-0.15, -0.1) is 0 Å². The van der Waals surface area contributed by atoms with Gasteiger partial charge < -0.3 is 59.4 Å². The molecule has 4 aromatic carbocycles. The highest BCUT2D eigenvalue weighted by atomic mass is 32.2. The van der Waals surface area contributed by atoms with E-state index in [1.54, 1.807) is 24.3 Å². The lowest BCUT2D eigenvalue weighted by molar-refractivity contribution is -0.438. The maximum absolute atomic E-state index is 12.9. The second-order valence-corrected chi connectivity index (χ2v) is 27.2. The molecule has 3 unspecified atom stereocenters. The molecule has 0 aliphatic carbocycles. The normalized spacial score (nSPS) is 24.7. The average molecular weight is 1260 g/mol. The molecular formula is C59H70N7O18P2S+. The van der Waals surface area contributed by atoms with Crippen molar-refractivity contribution in [2.24, 2.45) is 0 Å². The number of ether oxygens (including phenoxy) is 4. The molecule has 25 nitrogen and oxygen atoms in total. The zero-order valence-electron chi connectivity index (χ0n) is 48.3. The Balaban J connectivity index is 0.792. The molecule has 8 N–H and O–H groups in total. The molecule has 0 amide bonds. The summed E-state index contributed by atoms with van der Waals surface area (Å²) in [5, 5.41) is 43.0. The first-order chi connectivity index (χ1) is 41.2. The maximum Gasteiger partial charge on any atom is 0.481 e. The first-order valence-corrected chi connectivity index (χ1v) is 32.8. The number of hydrogen-bond donors (Lipinski definition) is 7. The van der Waals surface area contributed by atoms with E-state index in [1.165, 1.54) is 27.9 Å². The Labute approximate surface area is 502 Å². The van der Waals surface area contributed by atoms with Crippen LogP contribution < -0.4 is 15.2 Å². The van der Waals surface area contributed by atoms with Crippen LogP contribution in [0.1, 0.15) is 87.9 Å². The van der Waals surface area contributed by atoms with Crippen LogP contribution in [0.4, 0.5) is 17.2 Å². The van der Waals surface area contributed by atoms with Crippen molar-refractivity contribution in [2.75, 3.05) is 37.8 Å². The van der Waals surface area contributed by atoms with Crippen molar-refractivity contribution in [1.82, 2.24) is 19.5 Å². The second kappa shape index (κ2) is 25.6. The van der Waals surface area contributed by atoms with Crippen LogP contribution in [0.25, 0.3) is 23.3 Å². The molecular weight excluding hydrogens is 1190 g/mol. The molecule has 28 heteroatoms. The molecule has 2 aromatic heterocycles. The van der Waals surface area contributed by atoms with E-state index < -0.39 is 99.3 Å². The molecule has 2 fully saturated rings. The summed E-state index contributed by atoms with van der Waals surface area (Å²) in [7, 11) is -15.4. The summed E-state index contributed by atoms with van der Waals surface area (Å²) in [5.41, 5.74) is 14.4. The summed E-state index contributed by atoms with van der Waals surface area (Å²) >= 11 is 0. The van der Waals surface area contributed by atoms with E-state index in [0.717, 1.165) is 59.4 Å². The molecule has 87 heavy (non-hydrogen) atoms. The SMILES string of the molecule is CCCC[N+]1=C(/C=C/c2ccc(OCc3ccc(O[C@H]4O[C@H](COP(=O)(O)OP(=O)(O)OCC5O[C@@H](n6cnc7c(N)ncnc76)[C@H](O)[C@@H]5O)[C@@H](O)[C@H]4O)cc3)c(/C=C/C3=[N+](CCCS(=O)(=O)[O-])c4ccccc4C3(C)C)c2)C(C)(C)c2ccccc21. The van der Waals surface area contributed by atoms with Gasteiger partial charge in [-0.3, -0.25) is 13.6 Å².